The molecule has 1 atom stereocenters. The molecule has 6 nitrogen and oxygen atoms in total. The van der Waals surface area contributed by atoms with E-state index in [0.717, 1.165) is 77.0 Å². The predicted octanol–water partition coefficient (Wildman–Crippen LogP) is 19.0. The Labute approximate surface area is 414 Å². The summed E-state index contributed by atoms with van der Waals surface area (Å²) in [6.07, 6.45) is 70.2. The Morgan fingerprint density at radius 3 is 0.791 bits per heavy atom. The molecule has 1 unspecified atom stereocenters. The summed E-state index contributed by atoms with van der Waals surface area (Å²) in [5.41, 5.74) is 0. The largest absolute Gasteiger partial charge is 0.462 e. The van der Waals surface area contributed by atoms with Crippen LogP contribution in [-0.4, -0.2) is 37.2 Å². The SMILES string of the molecule is CCCCC/C=C\C=C/CCCCCCCCCCCCC(=O)OCC(COC(=O)CCCCCCCC/C=C\C=C/CCCCC)OC(=O)CCCCCCCC/C=C\C=C/CCCCC. The lowest BCUT2D eigenvalue weighted by Crippen LogP contribution is -2.30. The maximum atomic E-state index is 12.8. The number of esters is 3. The van der Waals surface area contributed by atoms with Crippen molar-refractivity contribution in [1.82, 2.24) is 0 Å². The van der Waals surface area contributed by atoms with Crippen LogP contribution in [0, 0.1) is 0 Å². The monoisotopic (exact) mass is 935 g/mol. The van der Waals surface area contributed by atoms with Crippen molar-refractivity contribution in [2.24, 2.45) is 0 Å². The van der Waals surface area contributed by atoms with E-state index in [1.165, 1.54) is 161 Å². The standard InChI is InChI=1S/C61H106O6/c1-4-7-10-13-16-19-22-25-28-29-30-31-34-36-39-42-45-48-51-54-60(63)66-57-58(67-61(64)55-52-49-46-43-40-37-33-27-24-21-18-15-12-9-6-3)56-65-59(62)53-50-47-44-41-38-35-32-26-23-20-17-14-11-8-5-2/h16-27,58H,4-15,28-57H2,1-3H3/b19-16-,20-17-,21-18-,25-22-,26-23-,27-24-. The lowest BCUT2D eigenvalue weighted by Gasteiger charge is -2.18. The summed E-state index contributed by atoms with van der Waals surface area (Å²) < 4.78 is 16.8. The first-order chi connectivity index (χ1) is 33.0. The van der Waals surface area contributed by atoms with Crippen molar-refractivity contribution in [3.05, 3.63) is 72.9 Å². The second-order valence-corrected chi connectivity index (χ2v) is 18.9. The second kappa shape index (κ2) is 55.4. The van der Waals surface area contributed by atoms with Gasteiger partial charge in [0, 0.05) is 19.3 Å². The van der Waals surface area contributed by atoms with Gasteiger partial charge in [0.05, 0.1) is 0 Å². The minimum Gasteiger partial charge on any atom is -0.462 e. The Hall–Kier alpha value is -3.15. The smallest absolute Gasteiger partial charge is 0.306 e. The van der Waals surface area contributed by atoms with E-state index in [9.17, 15) is 14.4 Å². The minimum absolute atomic E-state index is 0.0855. The van der Waals surface area contributed by atoms with Crippen LogP contribution in [0.25, 0.3) is 0 Å². The lowest BCUT2D eigenvalue weighted by atomic mass is 10.1. The average molecular weight is 936 g/mol. The number of carbonyl (C=O) groups excluding carboxylic acids is 3. The zero-order chi connectivity index (χ0) is 48.6. The maximum Gasteiger partial charge on any atom is 0.306 e. The fourth-order valence-electron chi connectivity index (χ4n) is 7.89. The average Bonchev–Trinajstić information content (AvgIpc) is 3.33. The molecular weight excluding hydrogens is 829 g/mol. The molecule has 0 saturated carbocycles. The van der Waals surface area contributed by atoms with Crippen LogP contribution in [0.4, 0.5) is 0 Å². The number of carbonyl (C=O) groups is 3. The van der Waals surface area contributed by atoms with Crippen LogP contribution >= 0.6 is 0 Å². The van der Waals surface area contributed by atoms with E-state index in [2.05, 4.69) is 93.7 Å². The van der Waals surface area contributed by atoms with Gasteiger partial charge in [0.25, 0.3) is 0 Å². The molecule has 0 heterocycles. The van der Waals surface area contributed by atoms with Crippen LogP contribution in [0.5, 0.6) is 0 Å². The molecule has 0 aliphatic heterocycles. The van der Waals surface area contributed by atoms with Gasteiger partial charge in [-0.05, 0) is 96.3 Å². The molecule has 0 fully saturated rings. The van der Waals surface area contributed by atoms with Crippen LogP contribution in [0.1, 0.15) is 278 Å². The molecule has 0 saturated heterocycles. The molecule has 0 N–H and O–H groups in total. The van der Waals surface area contributed by atoms with E-state index in [1.807, 2.05) is 0 Å². The molecule has 6 heteroatoms. The van der Waals surface area contributed by atoms with Crippen LogP contribution < -0.4 is 0 Å². The van der Waals surface area contributed by atoms with Crippen LogP contribution in [0.15, 0.2) is 72.9 Å². The zero-order valence-corrected chi connectivity index (χ0v) is 44.2. The molecule has 0 spiro atoms. The van der Waals surface area contributed by atoms with Gasteiger partial charge in [0.2, 0.25) is 0 Å². The molecule has 0 aromatic carbocycles. The number of hydrogen-bond acceptors (Lipinski definition) is 6. The summed E-state index contributed by atoms with van der Waals surface area (Å²) in [7, 11) is 0. The van der Waals surface area contributed by atoms with Crippen molar-refractivity contribution in [3.8, 4) is 0 Å². The highest BCUT2D eigenvalue weighted by molar-refractivity contribution is 5.71. The molecule has 0 radical (unpaired) electrons. The molecule has 0 bridgehead atoms. The number of hydrogen-bond donors (Lipinski definition) is 0. The van der Waals surface area contributed by atoms with Crippen molar-refractivity contribution in [2.45, 2.75) is 284 Å². The summed E-state index contributed by atoms with van der Waals surface area (Å²) >= 11 is 0. The number of rotatable bonds is 51. The Bertz CT molecular complexity index is 1260. The third-order valence-electron chi connectivity index (χ3n) is 12.2. The summed E-state index contributed by atoms with van der Waals surface area (Å²) in [6, 6.07) is 0. The molecular formula is C61H106O6. The second-order valence-electron chi connectivity index (χ2n) is 18.9. The molecule has 386 valence electrons. The van der Waals surface area contributed by atoms with Gasteiger partial charge in [-0.2, -0.15) is 0 Å². The van der Waals surface area contributed by atoms with E-state index >= 15 is 0 Å². The highest BCUT2D eigenvalue weighted by Crippen LogP contribution is 2.15. The summed E-state index contributed by atoms with van der Waals surface area (Å²) in [5.74, 6) is -0.905. The Morgan fingerprint density at radius 2 is 0.522 bits per heavy atom. The quantitative estimate of drug-likeness (QED) is 0.0262. The minimum atomic E-state index is -0.788. The van der Waals surface area contributed by atoms with E-state index < -0.39 is 6.10 Å². The Kier molecular flexibility index (Phi) is 52.8. The van der Waals surface area contributed by atoms with Crippen LogP contribution in [0.3, 0.4) is 0 Å². The Balaban J connectivity index is 4.40. The van der Waals surface area contributed by atoms with E-state index in [-0.39, 0.29) is 31.1 Å². The fraction of sp³-hybridized carbons (Fsp3) is 0.754. The van der Waals surface area contributed by atoms with E-state index in [1.54, 1.807) is 0 Å². The van der Waals surface area contributed by atoms with Crippen molar-refractivity contribution < 1.29 is 28.6 Å². The normalized spacial score (nSPS) is 12.6. The predicted molar refractivity (Wildman–Crippen MR) is 288 cm³/mol. The van der Waals surface area contributed by atoms with E-state index in [4.69, 9.17) is 14.2 Å². The first kappa shape index (κ1) is 63.8. The molecule has 67 heavy (non-hydrogen) atoms. The van der Waals surface area contributed by atoms with Gasteiger partial charge in [-0.3, -0.25) is 14.4 Å². The molecule has 0 aromatic heterocycles. The van der Waals surface area contributed by atoms with Gasteiger partial charge in [-0.25, -0.2) is 0 Å². The maximum absolute atomic E-state index is 12.8. The molecule has 0 aliphatic carbocycles. The van der Waals surface area contributed by atoms with Crippen molar-refractivity contribution in [3.63, 3.8) is 0 Å². The van der Waals surface area contributed by atoms with Crippen LogP contribution in [-0.2, 0) is 28.6 Å². The zero-order valence-electron chi connectivity index (χ0n) is 44.2. The van der Waals surface area contributed by atoms with Crippen molar-refractivity contribution in [1.29, 1.82) is 0 Å². The third-order valence-corrected chi connectivity index (χ3v) is 12.2. The van der Waals surface area contributed by atoms with Gasteiger partial charge >= 0.3 is 17.9 Å². The highest BCUT2D eigenvalue weighted by atomic mass is 16.6. The first-order valence-electron chi connectivity index (χ1n) is 28.5. The van der Waals surface area contributed by atoms with Gasteiger partial charge in [-0.15, -0.1) is 0 Å². The van der Waals surface area contributed by atoms with Gasteiger partial charge in [0.1, 0.15) is 13.2 Å². The van der Waals surface area contributed by atoms with E-state index in [0.29, 0.717) is 19.3 Å². The fourth-order valence-corrected chi connectivity index (χ4v) is 7.89. The van der Waals surface area contributed by atoms with Crippen molar-refractivity contribution >= 4 is 17.9 Å². The summed E-state index contributed by atoms with van der Waals surface area (Å²) in [5, 5.41) is 0. The Morgan fingerprint density at radius 1 is 0.299 bits per heavy atom. The van der Waals surface area contributed by atoms with Crippen LogP contribution in [0.2, 0.25) is 0 Å². The van der Waals surface area contributed by atoms with Crippen molar-refractivity contribution in [2.75, 3.05) is 13.2 Å². The number of unbranched alkanes of at least 4 members (excludes halogenated alkanes) is 31. The molecule has 0 aromatic rings. The summed E-state index contributed by atoms with van der Waals surface area (Å²) in [4.78, 5) is 38.1. The topological polar surface area (TPSA) is 78.9 Å². The molecule has 0 amide bonds. The molecule has 0 aliphatic rings. The molecule has 0 rings (SSSR count). The first-order valence-corrected chi connectivity index (χ1v) is 28.5. The van der Waals surface area contributed by atoms with Gasteiger partial charge in [-0.1, -0.05) is 235 Å². The highest BCUT2D eigenvalue weighted by Gasteiger charge is 2.19. The van der Waals surface area contributed by atoms with Gasteiger partial charge < -0.3 is 14.2 Å². The summed E-state index contributed by atoms with van der Waals surface area (Å²) in [6.45, 7) is 6.55. The number of allylic oxidation sites excluding steroid dienone is 12. The lowest BCUT2D eigenvalue weighted by molar-refractivity contribution is -0.167. The third kappa shape index (κ3) is 53.7. The van der Waals surface area contributed by atoms with Gasteiger partial charge in [0.15, 0.2) is 6.10 Å². The number of ether oxygens (including phenoxy) is 3.